The zero-order valence-corrected chi connectivity index (χ0v) is 18.2. The molecule has 0 heterocycles. The molecule has 4 N–H and O–H groups in total. The van der Waals surface area contributed by atoms with Gasteiger partial charge in [-0.3, -0.25) is 0 Å². The summed E-state index contributed by atoms with van der Waals surface area (Å²) in [6.45, 7) is 2.00. The maximum atomic E-state index is 10.4. The molecule has 0 aromatic heterocycles. The van der Waals surface area contributed by atoms with Crippen molar-refractivity contribution in [2.24, 2.45) is 0 Å². The first-order valence-corrected chi connectivity index (χ1v) is 8.40. The fraction of sp³-hybridized carbons (Fsp3) is 0.316. The van der Waals surface area contributed by atoms with Crippen LogP contribution in [0.5, 0.6) is 5.75 Å². The summed E-state index contributed by atoms with van der Waals surface area (Å²) in [5, 5.41) is 24.5. The van der Waals surface area contributed by atoms with E-state index in [1.54, 1.807) is 24.3 Å². The second-order valence-electron chi connectivity index (χ2n) is 5.89. The standard InChI is InChI=1S/C19H22ClNO4.Na.H2O/c1-13(21-11-18(22)15-3-2-4-16(20)10-15)9-14-5-7-17(8-6-14)25-12-19(23)24;;/h2-8,10,13,18,21-22H,9,11-12H2,1H3,(H,23,24);;1H2/q;+1;/p-1/t13-,18+;;/m1../s1. The van der Waals surface area contributed by atoms with Crippen molar-refractivity contribution >= 4 is 17.6 Å². The van der Waals surface area contributed by atoms with Gasteiger partial charge in [-0.25, -0.2) is 0 Å². The van der Waals surface area contributed by atoms with Crippen LogP contribution in [-0.2, 0) is 11.2 Å². The first kappa shape index (κ1) is 25.9. The van der Waals surface area contributed by atoms with Crippen molar-refractivity contribution in [1.29, 1.82) is 0 Å². The number of carboxylic acids is 1. The van der Waals surface area contributed by atoms with E-state index in [2.05, 4.69) is 5.32 Å². The molecule has 2 atom stereocenters. The van der Waals surface area contributed by atoms with Crippen molar-refractivity contribution in [3.63, 3.8) is 0 Å². The van der Waals surface area contributed by atoms with Crippen LogP contribution in [-0.4, -0.2) is 35.7 Å². The minimum atomic E-state index is -1.25. The number of aliphatic hydroxyl groups excluding tert-OH is 1. The van der Waals surface area contributed by atoms with E-state index in [4.69, 9.17) is 16.3 Å². The quantitative estimate of drug-likeness (QED) is 0.466. The van der Waals surface area contributed by atoms with Gasteiger partial charge in [0.15, 0.2) is 0 Å². The van der Waals surface area contributed by atoms with Gasteiger partial charge in [-0.15, -0.1) is 0 Å². The first-order valence-electron chi connectivity index (χ1n) is 8.02. The third-order valence-corrected chi connectivity index (χ3v) is 3.95. The van der Waals surface area contributed by atoms with E-state index in [9.17, 15) is 15.0 Å². The van der Waals surface area contributed by atoms with Crippen LogP contribution in [0.4, 0.5) is 0 Å². The van der Waals surface area contributed by atoms with Crippen molar-refractivity contribution in [3.05, 3.63) is 64.7 Å². The van der Waals surface area contributed by atoms with E-state index in [1.807, 2.05) is 31.2 Å². The van der Waals surface area contributed by atoms with Gasteiger partial charge in [0.25, 0.3) is 0 Å². The van der Waals surface area contributed by atoms with E-state index in [0.29, 0.717) is 17.3 Å². The number of aliphatic carboxylic acids is 1. The topological polar surface area (TPSA) is 113 Å². The molecule has 0 amide bonds. The monoisotopic (exact) mass is 403 g/mol. The number of aliphatic hydroxyl groups is 1. The molecule has 6 nitrogen and oxygen atoms in total. The Kier molecular flexibility index (Phi) is 12.6. The summed E-state index contributed by atoms with van der Waals surface area (Å²) in [6, 6.07) is 14.6. The van der Waals surface area contributed by atoms with Crippen LogP contribution in [0.2, 0.25) is 5.02 Å². The largest absolute Gasteiger partial charge is 1.00 e. The molecule has 0 aliphatic rings. The molecule has 0 bridgehead atoms. The molecule has 8 heteroatoms. The minimum absolute atomic E-state index is 0. The number of carbonyl (C=O) groups excluding carboxylic acids is 1. The average Bonchev–Trinajstić information content (AvgIpc) is 2.59. The summed E-state index contributed by atoms with van der Waals surface area (Å²) < 4.78 is 5.04. The van der Waals surface area contributed by atoms with Crippen LogP contribution in [0.25, 0.3) is 0 Å². The number of nitrogens with one attached hydrogen (secondary N) is 1. The predicted octanol–water partition coefficient (Wildman–Crippen LogP) is -2.10. The summed E-state index contributed by atoms with van der Waals surface area (Å²) >= 11 is 5.93. The van der Waals surface area contributed by atoms with E-state index >= 15 is 0 Å². The molecule has 0 aliphatic carbocycles. The molecule has 27 heavy (non-hydrogen) atoms. The van der Waals surface area contributed by atoms with Gasteiger partial charge in [0.2, 0.25) is 0 Å². The normalized spacial score (nSPS) is 12.3. The number of hydrogen-bond donors (Lipinski definition) is 2. The number of rotatable bonds is 9. The first-order chi connectivity index (χ1) is 11.9. The van der Waals surface area contributed by atoms with E-state index in [0.717, 1.165) is 17.5 Å². The molecular formula is C19H23ClNNaO5. The van der Waals surface area contributed by atoms with Gasteiger partial charge in [-0.05, 0) is 48.7 Å². The zero-order valence-electron chi connectivity index (χ0n) is 15.4. The maximum Gasteiger partial charge on any atom is 1.00 e. The molecule has 0 saturated carbocycles. The maximum absolute atomic E-state index is 10.4. The van der Waals surface area contributed by atoms with Crippen LogP contribution in [0.3, 0.4) is 0 Å². The Morgan fingerprint density at radius 2 is 1.93 bits per heavy atom. The Morgan fingerprint density at radius 1 is 1.26 bits per heavy atom. The van der Waals surface area contributed by atoms with Crippen molar-refractivity contribution in [2.75, 3.05) is 13.2 Å². The van der Waals surface area contributed by atoms with Gasteiger partial charge in [-0.2, -0.15) is 0 Å². The van der Waals surface area contributed by atoms with Crippen molar-refractivity contribution in [3.8, 4) is 5.75 Å². The summed E-state index contributed by atoms with van der Waals surface area (Å²) in [4.78, 5) is 10.4. The average molecular weight is 404 g/mol. The van der Waals surface area contributed by atoms with Gasteiger partial charge in [0.05, 0.1) is 12.1 Å². The Morgan fingerprint density at radius 3 is 2.52 bits per heavy atom. The molecule has 2 aromatic rings. The SMILES string of the molecule is C[C@H](Cc1ccc(OCC(=O)[O-])cc1)NC[C@H](O)c1cccc(Cl)c1.O.[Na+]. The summed E-state index contributed by atoms with van der Waals surface area (Å²) in [5.74, 6) is -0.759. The van der Waals surface area contributed by atoms with Crippen molar-refractivity contribution in [1.82, 2.24) is 5.32 Å². The molecule has 0 aliphatic heterocycles. The Bertz CT molecular complexity index is 699. The smallest absolute Gasteiger partial charge is 0.546 e. The van der Waals surface area contributed by atoms with E-state index in [1.165, 1.54) is 0 Å². The third kappa shape index (κ3) is 9.58. The Labute approximate surface area is 186 Å². The molecule has 142 valence electrons. The number of ether oxygens (including phenoxy) is 1. The fourth-order valence-corrected chi connectivity index (χ4v) is 2.63. The van der Waals surface area contributed by atoms with Crippen LogP contribution in [0.15, 0.2) is 48.5 Å². The molecular weight excluding hydrogens is 381 g/mol. The molecule has 0 saturated heterocycles. The fourth-order valence-electron chi connectivity index (χ4n) is 2.43. The van der Waals surface area contributed by atoms with E-state index in [-0.39, 0.29) is 41.1 Å². The number of carboxylic acid groups (broad SMARTS) is 1. The Balaban J connectivity index is 0.00000338. The van der Waals surface area contributed by atoms with Crippen molar-refractivity contribution < 1.29 is 54.8 Å². The number of hydrogen-bond acceptors (Lipinski definition) is 5. The number of carbonyl (C=O) groups is 1. The second kappa shape index (κ2) is 13.1. The van der Waals surface area contributed by atoms with Gasteiger partial charge in [0, 0.05) is 17.6 Å². The van der Waals surface area contributed by atoms with Gasteiger partial charge in [0.1, 0.15) is 12.4 Å². The third-order valence-electron chi connectivity index (χ3n) is 3.72. The molecule has 0 radical (unpaired) electrons. The zero-order chi connectivity index (χ0) is 18.2. The van der Waals surface area contributed by atoms with Gasteiger partial charge in [-0.1, -0.05) is 35.9 Å². The molecule has 2 rings (SSSR count). The van der Waals surface area contributed by atoms with Crippen LogP contribution in [0, 0.1) is 0 Å². The summed E-state index contributed by atoms with van der Waals surface area (Å²) in [6.07, 6.45) is 0.143. The van der Waals surface area contributed by atoms with Crippen LogP contribution in [0.1, 0.15) is 24.2 Å². The molecule has 0 fully saturated rings. The summed E-state index contributed by atoms with van der Waals surface area (Å²) in [7, 11) is 0. The molecule has 0 spiro atoms. The number of halogens is 1. The number of benzene rings is 2. The molecule has 0 unspecified atom stereocenters. The van der Waals surface area contributed by atoms with Crippen LogP contribution < -0.4 is 44.7 Å². The van der Waals surface area contributed by atoms with Gasteiger partial charge >= 0.3 is 29.6 Å². The minimum Gasteiger partial charge on any atom is -0.546 e. The predicted molar refractivity (Wildman–Crippen MR) is 98.1 cm³/mol. The molecule has 2 aromatic carbocycles. The van der Waals surface area contributed by atoms with Crippen molar-refractivity contribution in [2.45, 2.75) is 25.5 Å². The van der Waals surface area contributed by atoms with E-state index < -0.39 is 18.7 Å². The second-order valence-corrected chi connectivity index (χ2v) is 6.33. The Hall–Kier alpha value is -1.12. The van der Waals surface area contributed by atoms with Gasteiger partial charge < -0.3 is 30.5 Å². The summed E-state index contributed by atoms with van der Waals surface area (Å²) in [5.41, 5.74) is 1.86. The van der Waals surface area contributed by atoms with Crippen LogP contribution >= 0.6 is 11.6 Å².